The SMILES string of the molecule is COc1ccccc1NC(=O)NCC[C@H](O)C(=O)O. The van der Waals surface area contributed by atoms with Gasteiger partial charge in [0, 0.05) is 13.0 Å². The number of aliphatic hydroxyl groups is 1. The third kappa shape index (κ3) is 4.84. The molecule has 0 saturated heterocycles. The molecule has 4 N–H and O–H groups in total. The smallest absolute Gasteiger partial charge is 0.332 e. The van der Waals surface area contributed by atoms with Crippen molar-refractivity contribution in [3.8, 4) is 5.75 Å². The van der Waals surface area contributed by atoms with Gasteiger partial charge in [-0.2, -0.15) is 0 Å². The molecule has 7 nitrogen and oxygen atoms in total. The summed E-state index contributed by atoms with van der Waals surface area (Å²) in [6, 6.07) is 6.38. The van der Waals surface area contributed by atoms with E-state index >= 15 is 0 Å². The minimum absolute atomic E-state index is 0.0500. The number of para-hydroxylation sites is 2. The van der Waals surface area contributed by atoms with Crippen molar-refractivity contribution >= 4 is 17.7 Å². The van der Waals surface area contributed by atoms with E-state index in [1.54, 1.807) is 24.3 Å². The lowest BCUT2D eigenvalue weighted by Crippen LogP contribution is -2.33. The van der Waals surface area contributed by atoms with Crippen LogP contribution in [0.5, 0.6) is 5.75 Å². The Labute approximate surface area is 110 Å². The zero-order chi connectivity index (χ0) is 14.3. The van der Waals surface area contributed by atoms with Gasteiger partial charge in [-0.1, -0.05) is 12.1 Å². The molecule has 0 bridgehead atoms. The maximum atomic E-state index is 11.5. The number of methoxy groups -OCH3 is 1. The fourth-order valence-electron chi connectivity index (χ4n) is 1.36. The van der Waals surface area contributed by atoms with Gasteiger partial charge in [-0.15, -0.1) is 0 Å². The van der Waals surface area contributed by atoms with Crippen LogP contribution in [0.2, 0.25) is 0 Å². The molecule has 0 aliphatic carbocycles. The number of hydrogen-bond donors (Lipinski definition) is 4. The predicted octanol–water partition coefficient (Wildman–Crippen LogP) is 0.652. The summed E-state index contributed by atoms with van der Waals surface area (Å²) < 4.78 is 5.06. The van der Waals surface area contributed by atoms with Crippen LogP contribution in [0.1, 0.15) is 6.42 Å². The first-order valence-electron chi connectivity index (χ1n) is 5.63. The van der Waals surface area contributed by atoms with Crippen molar-refractivity contribution in [2.75, 3.05) is 19.0 Å². The van der Waals surface area contributed by atoms with Crippen LogP contribution in [0.3, 0.4) is 0 Å². The van der Waals surface area contributed by atoms with Crippen LogP contribution in [0.15, 0.2) is 24.3 Å². The highest BCUT2D eigenvalue weighted by Crippen LogP contribution is 2.22. The maximum absolute atomic E-state index is 11.5. The van der Waals surface area contributed by atoms with Crippen LogP contribution in [0.25, 0.3) is 0 Å². The monoisotopic (exact) mass is 268 g/mol. The highest BCUT2D eigenvalue weighted by atomic mass is 16.5. The van der Waals surface area contributed by atoms with Crippen molar-refractivity contribution < 1.29 is 24.5 Å². The Morgan fingerprint density at radius 2 is 2.05 bits per heavy atom. The number of anilines is 1. The molecule has 104 valence electrons. The Hall–Kier alpha value is -2.28. The number of carboxylic acid groups (broad SMARTS) is 1. The Balaban J connectivity index is 2.41. The standard InChI is InChI=1S/C12H16N2O5/c1-19-10-5-3-2-4-8(10)14-12(18)13-7-6-9(15)11(16)17/h2-5,9,15H,6-7H2,1H3,(H,16,17)(H2,13,14,18)/t9-/m0/s1. The molecule has 0 unspecified atom stereocenters. The molecule has 19 heavy (non-hydrogen) atoms. The molecule has 7 heteroatoms. The van der Waals surface area contributed by atoms with Gasteiger partial charge in [0.25, 0.3) is 0 Å². The largest absolute Gasteiger partial charge is 0.495 e. The summed E-state index contributed by atoms with van der Waals surface area (Å²) in [5.74, 6) is -0.796. The van der Waals surface area contributed by atoms with E-state index in [4.69, 9.17) is 14.9 Å². The molecule has 0 aliphatic heterocycles. The van der Waals surface area contributed by atoms with Crippen molar-refractivity contribution in [1.29, 1.82) is 0 Å². The minimum Gasteiger partial charge on any atom is -0.495 e. The Morgan fingerprint density at radius 1 is 1.37 bits per heavy atom. The van der Waals surface area contributed by atoms with Crippen LogP contribution in [-0.4, -0.2) is 42.0 Å². The van der Waals surface area contributed by atoms with Gasteiger partial charge in [-0.25, -0.2) is 9.59 Å². The van der Waals surface area contributed by atoms with E-state index in [-0.39, 0.29) is 13.0 Å². The lowest BCUT2D eigenvalue weighted by Gasteiger charge is -2.11. The van der Waals surface area contributed by atoms with E-state index in [1.807, 2.05) is 0 Å². The average Bonchev–Trinajstić information content (AvgIpc) is 2.39. The Bertz CT molecular complexity index is 450. The second kappa shape index (κ2) is 7.22. The van der Waals surface area contributed by atoms with Gasteiger partial charge in [0.05, 0.1) is 12.8 Å². The minimum atomic E-state index is -1.48. The molecule has 1 aromatic rings. The quantitative estimate of drug-likeness (QED) is 0.606. The second-order valence-corrected chi connectivity index (χ2v) is 3.72. The van der Waals surface area contributed by atoms with Crippen molar-refractivity contribution in [2.24, 2.45) is 0 Å². The molecule has 0 aromatic heterocycles. The summed E-state index contributed by atoms with van der Waals surface area (Å²) >= 11 is 0. The first-order chi connectivity index (χ1) is 9.04. The number of amides is 2. The molecule has 0 aliphatic rings. The highest BCUT2D eigenvalue weighted by molar-refractivity contribution is 5.90. The van der Waals surface area contributed by atoms with Crippen molar-refractivity contribution in [3.63, 3.8) is 0 Å². The highest BCUT2D eigenvalue weighted by Gasteiger charge is 2.13. The number of hydrogen-bond acceptors (Lipinski definition) is 4. The zero-order valence-corrected chi connectivity index (χ0v) is 10.4. The van der Waals surface area contributed by atoms with E-state index < -0.39 is 18.1 Å². The summed E-state index contributed by atoms with van der Waals surface area (Å²) in [5, 5.41) is 22.5. The maximum Gasteiger partial charge on any atom is 0.332 e. The summed E-state index contributed by atoms with van der Waals surface area (Å²) in [6.45, 7) is 0.0500. The van der Waals surface area contributed by atoms with Gasteiger partial charge < -0.3 is 25.6 Å². The zero-order valence-electron chi connectivity index (χ0n) is 10.4. The summed E-state index contributed by atoms with van der Waals surface area (Å²) in [7, 11) is 1.49. The molecule has 0 saturated carbocycles. The summed E-state index contributed by atoms with van der Waals surface area (Å²) in [5.41, 5.74) is 0.501. The van der Waals surface area contributed by atoms with Crippen LogP contribution >= 0.6 is 0 Å². The normalized spacial score (nSPS) is 11.5. The molecule has 0 spiro atoms. The van der Waals surface area contributed by atoms with Gasteiger partial charge in [-0.3, -0.25) is 0 Å². The molecule has 0 heterocycles. The Kier molecular flexibility index (Phi) is 5.62. The number of carboxylic acids is 1. The van der Waals surface area contributed by atoms with Crippen molar-refractivity contribution in [1.82, 2.24) is 5.32 Å². The average molecular weight is 268 g/mol. The number of nitrogens with one attached hydrogen (secondary N) is 2. The van der Waals surface area contributed by atoms with Crippen LogP contribution in [-0.2, 0) is 4.79 Å². The number of aliphatic carboxylic acids is 1. The van der Waals surface area contributed by atoms with Crippen LogP contribution in [0.4, 0.5) is 10.5 Å². The number of urea groups is 1. The van der Waals surface area contributed by atoms with Crippen LogP contribution in [0, 0.1) is 0 Å². The molecule has 1 rings (SSSR count). The third-order valence-electron chi connectivity index (χ3n) is 2.34. The van der Waals surface area contributed by atoms with E-state index in [2.05, 4.69) is 10.6 Å². The predicted molar refractivity (Wildman–Crippen MR) is 68.3 cm³/mol. The van der Waals surface area contributed by atoms with E-state index in [0.29, 0.717) is 11.4 Å². The molecular formula is C12H16N2O5. The van der Waals surface area contributed by atoms with Crippen molar-refractivity contribution in [3.05, 3.63) is 24.3 Å². The summed E-state index contributed by atoms with van der Waals surface area (Å²) in [4.78, 5) is 21.9. The molecule has 0 fully saturated rings. The van der Waals surface area contributed by atoms with Gasteiger partial charge in [0.1, 0.15) is 5.75 Å². The fourth-order valence-corrected chi connectivity index (χ4v) is 1.36. The molecule has 0 radical (unpaired) electrons. The van der Waals surface area contributed by atoms with E-state index in [9.17, 15) is 9.59 Å². The van der Waals surface area contributed by atoms with E-state index in [1.165, 1.54) is 7.11 Å². The molecule has 2 amide bonds. The number of aliphatic hydroxyl groups excluding tert-OH is 1. The third-order valence-corrected chi connectivity index (χ3v) is 2.34. The number of carbonyl (C=O) groups is 2. The number of ether oxygens (including phenoxy) is 1. The summed E-state index contributed by atoms with van der Waals surface area (Å²) in [6.07, 6.45) is -1.54. The molecule has 1 aromatic carbocycles. The number of carbonyl (C=O) groups excluding carboxylic acids is 1. The van der Waals surface area contributed by atoms with E-state index in [0.717, 1.165) is 0 Å². The van der Waals surface area contributed by atoms with Gasteiger partial charge >= 0.3 is 12.0 Å². The first-order valence-corrected chi connectivity index (χ1v) is 5.63. The van der Waals surface area contributed by atoms with Gasteiger partial charge in [-0.05, 0) is 12.1 Å². The van der Waals surface area contributed by atoms with Crippen molar-refractivity contribution in [2.45, 2.75) is 12.5 Å². The lowest BCUT2D eigenvalue weighted by atomic mass is 10.2. The molecular weight excluding hydrogens is 252 g/mol. The van der Waals surface area contributed by atoms with Crippen LogP contribution < -0.4 is 15.4 Å². The van der Waals surface area contributed by atoms with Gasteiger partial charge in [0.2, 0.25) is 0 Å². The molecule has 1 atom stereocenters. The fraction of sp³-hybridized carbons (Fsp3) is 0.333. The lowest BCUT2D eigenvalue weighted by molar-refractivity contribution is -0.146. The topological polar surface area (TPSA) is 108 Å². The number of benzene rings is 1. The van der Waals surface area contributed by atoms with Gasteiger partial charge in [0.15, 0.2) is 6.10 Å². The first kappa shape index (κ1) is 14.8. The second-order valence-electron chi connectivity index (χ2n) is 3.72. The number of rotatable bonds is 6. The Morgan fingerprint density at radius 3 is 2.68 bits per heavy atom.